The number of piperidine rings is 1. The van der Waals surface area contributed by atoms with E-state index in [4.69, 9.17) is 16.3 Å². The van der Waals surface area contributed by atoms with Crippen LogP contribution >= 0.6 is 11.6 Å². The predicted molar refractivity (Wildman–Crippen MR) is 125 cm³/mol. The van der Waals surface area contributed by atoms with Crippen LogP contribution in [0.3, 0.4) is 0 Å². The molecule has 3 heterocycles. The number of aryl methyl sites for hydroxylation is 1. The number of methoxy groups -OCH3 is 1. The minimum atomic E-state index is -0.0314. The van der Waals surface area contributed by atoms with Gasteiger partial charge in [0.25, 0.3) is 0 Å². The van der Waals surface area contributed by atoms with Crippen LogP contribution in [0.15, 0.2) is 42.5 Å². The van der Waals surface area contributed by atoms with Crippen LogP contribution in [0, 0.1) is 0 Å². The first-order chi connectivity index (χ1) is 15.0. The first-order valence-corrected chi connectivity index (χ1v) is 11.4. The van der Waals surface area contributed by atoms with E-state index in [9.17, 15) is 5.11 Å². The Morgan fingerprint density at radius 3 is 2.58 bits per heavy atom. The van der Waals surface area contributed by atoms with Gasteiger partial charge in [0.05, 0.1) is 25.3 Å². The van der Waals surface area contributed by atoms with Gasteiger partial charge in [-0.15, -0.1) is 0 Å². The molecule has 1 fully saturated rings. The van der Waals surface area contributed by atoms with Crippen molar-refractivity contribution < 1.29 is 9.84 Å². The number of hydrogen-bond acceptors (Lipinski definition) is 4. The number of nitrogens with one attached hydrogen (secondary N) is 1. The normalized spacial score (nSPS) is 20.8. The molecule has 0 radical (unpaired) electrons. The van der Waals surface area contributed by atoms with Gasteiger partial charge in [-0.3, -0.25) is 4.90 Å². The Morgan fingerprint density at radius 2 is 1.90 bits per heavy atom. The first-order valence-electron chi connectivity index (χ1n) is 11.0. The quantitative estimate of drug-likeness (QED) is 0.644. The molecule has 6 heteroatoms. The van der Waals surface area contributed by atoms with Crippen LogP contribution < -0.4 is 10.1 Å². The summed E-state index contributed by atoms with van der Waals surface area (Å²) < 4.78 is 7.74. The fourth-order valence-corrected chi connectivity index (χ4v) is 5.72. The van der Waals surface area contributed by atoms with Crippen LogP contribution in [0.25, 0.3) is 10.9 Å². The van der Waals surface area contributed by atoms with Crippen molar-refractivity contribution in [2.45, 2.75) is 30.8 Å². The number of fused-ring (bicyclic) bond motifs is 4. The number of benzene rings is 2. The standard InChI is InChI=1S/C25H30ClN3O2/c1-28-22-13-19(31-2)7-8-20(22)23-24(28)21(15-30)27-16-25(23)9-11-29(12-10-25)14-17-3-5-18(26)6-4-17/h3-8,13,21,27,30H,9-12,14-16H2,1-2H3/t21-/m1/s1. The fraction of sp³-hybridized carbons (Fsp3) is 0.440. The summed E-state index contributed by atoms with van der Waals surface area (Å²) in [6.07, 6.45) is 2.20. The summed E-state index contributed by atoms with van der Waals surface area (Å²) in [6, 6.07) is 14.5. The van der Waals surface area contributed by atoms with Gasteiger partial charge in [-0.2, -0.15) is 0 Å². The van der Waals surface area contributed by atoms with E-state index < -0.39 is 0 Å². The zero-order chi connectivity index (χ0) is 21.6. The van der Waals surface area contributed by atoms with Crippen LogP contribution in [0.1, 0.15) is 35.7 Å². The molecular formula is C25H30ClN3O2. The highest BCUT2D eigenvalue weighted by atomic mass is 35.5. The maximum Gasteiger partial charge on any atom is 0.120 e. The SMILES string of the molecule is COc1ccc2c3c(n(C)c2c1)[C@@H](CO)NCC31CCN(Cc2ccc(Cl)cc2)CC1. The molecule has 2 aliphatic rings. The number of aliphatic hydroxyl groups is 1. The Kier molecular flexibility index (Phi) is 5.47. The van der Waals surface area contributed by atoms with Gasteiger partial charge < -0.3 is 19.7 Å². The molecule has 0 amide bonds. The third-order valence-electron chi connectivity index (χ3n) is 7.32. The number of aromatic nitrogens is 1. The fourth-order valence-electron chi connectivity index (χ4n) is 5.60. The van der Waals surface area contributed by atoms with Crippen molar-refractivity contribution in [1.82, 2.24) is 14.8 Å². The van der Waals surface area contributed by atoms with Crippen molar-refractivity contribution in [2.24, 2.45) is 7.05 Å². The molecule has 2 aromatic carbocycles. The van der Waals surface area contributed by atoms with E-state index in [0.717, 1.165) is 49.8 Å². The molecule has 164 valence electrons. The zero-order valence-electron chi connectivity index (χ0n) is 18.2. The molecule has 2 aliphatic heterocycles. The Balaban J connectivity index is 1.47. The average molecular weight is 440 g/mol. The summed E-state index contributed by atoms with van der Waals surface area (Å²) in [6.45, 7) is 4.08. The van der Waals surface area contributed by atoms with Gasteiger partial charge in [0, 0.05) is 47.7 Å². The number of nitrogens with zero attached hydrogens (tertiary/aromatic N) is 2. The van der Waals surface area contributed by atoms with Gasteiger partial charge in [-0.25, -0.2) is 0 Å². The maximum atomic E-state index is 10.1. The molecule has 1 saturated heterocycles. The van der Waals surface area contributed by atoms with Crippen LogP contribution in [0.5, 0.6) is 5.75 Å². The molecule has 2 N–H and O–H groups in total. The van der Waals surface area contributed by atoms with Crippen LogP contribution in [0.4, 0.5) is 0 Å². The van der Waals surface area contributed by atoms with Gasteiger partial charge >= 0.3 is 0 Å². The highest BCUT2D eigenvalue weighted by molar-refractivity contribution is 6.30. The second-order valence-corrected chi connectivity index (χ2v) is 9.44. The van der Waals surface area contributed by atoms with Gasteiger partial charge in [0.1, 0.15) is 5.75 Å². The number of halogens is 1. The van der Waals surface area contributed by atoms with E-state index in [0.29, 0.717) is 0 Å². The molecule has 0 unspecified atom stereocenters. The number of hydrogen-bond donors (Lipinski definition) is 2. The Hall–Kier alpha value is -2.05. The molecule has 0 saturated carbocycles. The summed E-state index contributed by atoms with van der Waals surface area (Å²) in [5.41, 5.74) is 5.22. The van der Waals surface area contributed by atoms with Gasteiger partial charge in [-0.1, -0.05) is 23.7 Å². The van der Waals surface area contributed by atoms with E-state index in [1.807, 2.05) is 12.1 Å². The molecule has 31 heavy (non-hydrogen) atoms. The molecule has 1 atom stereocenters. The smallest absolute Gasteiger partial charge is 0.120 e. The summed E-state index contributed by atoms with van der Waals surface area (Å²) in [4.78, 5) is 2.54. The monoisotopic (exact) mass is 439 g/mol. The van der Waals surface area contributed by atoms with Gasteiger partial charge in [-0.05, 0) is 61.3 Å². The highest BCUT2D eigenvalue weighted by Gasteiger charge is 2.44. The molecule has 1 spiro atoms. The van der Waals surface area contributed by atoms with E-state index in [1.165, 1.54) is 27.7 Å². The summed E-state index contributed by atoms with van der Waals surface area (Å²) in [5, 5.41) is 15.8. The average Bonchev–Trinajstić information content (AvgIpc) is 3.10. The van der Waals surface area contributed by atoms with Crippen LogP contribution in [0.2, 0.25) is 5.02 Å². The van der Waals surface area contributed by atoms with E-state index in [-0.39, 0.29) is 18.1 Å². The van der Waals surface area contributed by atoms with Crippen LogP contribution in [-0.2, 0) is 19.0 Å². The van der Waals surface area contributed by atoms with Gasteiger partial charge in [0.2, 0.25) is 0 Å². The Bertz CT molecular complexity index is 1080. The number of rotatable bonds is 4. The maximum absolute atomic E-state index is 10.1. The number of ether oxygens (including phenoxy) is 1. The lowest BCUT2D eigenvalue weighted by molar-refractivity contribution is 0.131. The van der Waals surface area contributed by atoms with Crippen molar-refractivity contribution in [2.75, 3.05) is 33.4 Å². The third-order valence-corrected chi connectivity index (χ3v) is 7.57. The lowest BCUT2D eigenvalue weighted by atomic mass is 9.69. The molecule has 5 rings (SSSR count). The Morgan fingerprint density at radius 1 is 1.16 bits per heavy atom. The second-order valence-electron chi connectivity index (χ2n) is 9.00. The molecule has 0 aliphatic carbocycles. The van der Waals surface area contributed by atoms with Crippen molar-refractivity contribution in [3.63, 3.8) is 0 Å². The topological polar surface area (TPSA) is 49.7 Å². The van der Waals surface area contributed by atoms with Crippen molar-refractivity contribution in [3.8, 4) is 5.75 Å². The summed E-state index contributed by atoms with van der Waals surface area (Å²) in [7, 11) is 3.82. The molecule has 3 aromatic rings. The summed E-state index contributed by atoms with van der Waals surface area (Å²) in [5.74, 6) is 0.866. The van der Waals surface area contributed by atoms with E-state index in [1.54, 1.807) is 7.11 Å². The third kappa shape index (κ3) is 3.54. The van der Waals surface area contributed by atoms with Crippen molar-refractivity contribution >= 4 is 22.5 Å². The second kappa shape index (κ2) is 8.14. The minimum absolute atomic E-state index is 0.0314. The number of aliphatic hydroxyl groups excluding tert-OH is 1. The zero-order valence-corrected chi connectivity index (χ0v) is 19.0. The van der Waals surface area contributed by atoms with E-state index in [2.05, 4.69) is 52.2 Å². The molecule has 0 bridgehead atoms. The minimum Gasteiger partial charge on any atom is -0.497 e. The molecular weight excluding hydrogens is 410 g/mol. The van der Waals surface area contributed by atoms with Crippen LogP contribution in [-0.4, -0.2) is 47.9 Å². The highest BCUT2D eigenvalue weighted by Crippen LogP contribution is 2.47. The first kappa shape index (κ1) is 20.8. The molecule has 5 nitrogen and oxygen atoms in total. The van der Waals surface area contributed by atoms with Gasteiger partial charge in [0.15, 0.2) is 0 Å². The number of likely N-dealkylation sites (tertiary alicyclic amines) is 1. The lowest BCUT2D eigenvalue weighted by Gasteiger charge is -2.46. The Labute approximate surface area is 188 Å². The summed E-state index contributed by atoms with van der Waals surface area (Å²) >= 11 is 6.04. The molecule has 1 aromatic heterocycles. The largest absolute Gasteiger partial charge is 0.497 e. The lowest BCUT2D eigenvalue weighted by Crippen LogP contribution is -2.52. The van der Waals surface area contributed by atoms with Crippen molar-refractivity contribution in [3.05, 3.63) is 64.3 Å². The predicted octanol–water partition coefficient (Wildman–Crippen LogP) is 4.01. The van der Waals surface area contributed by atoms with Crippen molar-refractivity contribution in [1.29, 1.82) is 0 Å². The van der Waals surface area contributed by atoms with E-state index >= 15 is 0 Å².